The number of alkyl halides is 2. The average molecular weight is 468 g/mol. The molecule has 1 unspecified atom stereocenters. The first-order valence-corrected chi connectivity index (χ1v) is 11.2. The maximum atomic E-state index is 14.6. The number of halogens is 3. The molecule has 2 fully saturated rings. The summed E-state index contributed by atoms with van der Waals surface area (Å²) in [6.45, 7) is -0.190. The van der Waals surface area contributed by atoms with E-state index in [1.165, 1.54) is 21.9 Å². The fraction of sp³-hybridized carbons (Fsp3) is 0.360. The molecule has 2 aromatic carbocycles. The van der Waals surface area contributed by atoms with Gasteiger partial charge in [-0.3, -0.25) is 9.59 Å². The van der Waals surface area contributed by atoms with Gasteiger partial charge in [0.2, 0.25) is 5.91 Å². The van der Waals surface area contributed by atoms with Crippen LogP contribution in [0.5, 0.6) is 0 Å². The van der Waals surface area contributed by atoms with Crippen molar-refractivity contribution in [1.29, 1.82) is 0 Å². The van der Waals surface area contributed by atoms with Gasteiger partial charge in [0.25, 0.3) is 11.8 Å². The van der Waals surface area contributed by atoms with Gasteiger partial charge < -0.3 is 9.80 Å². The summed E-state index contributed by atoms with van der Waals surface area (Å²) in [4.78, 5) is 28.3. The molecule has 0 N–H and O–H groups in total. The van der Waals surface area contributed by atoms with Gasteiger partial charge in [0.1, 0.15) is 5.82 Å². The number of amides is 2. The SMILES string of the molecule is O=C(c1cc(Cc2nncc3ccccc23)ccc1F)N1CCC(C(=O)N2CCC(F)(F)C2)C1. The Labute approximate surface area is 194 Å². The molecule has 34 heavy (non-hydrogen) atoms. The predicted octanol–water partition coefficient (Wildman–Crippen LogP) is 3.69. The second-order valence-corrected chi connectivity index (χ2v) is 8.97. The van der Waals surface area contributed by atoms with Crippen LogP contribution in [-0.2, 0) is 11.2 Å². The van der Waals surface area contributed by atoms with Crippen molar-refractivity contribution in [2.24, 2.45) is 5.92 Å². The van der Waals surface area contributed by atoms with Gasteiger partial charge in [-0.15, -0.1) is 0 Å². The smallest absolute Gasteiger partial charge is 0.267 e. The largest absolute Gasteiger partial charge is 0.338 e. The van der Waals surface area contributed by atoms with Gasteiger partial charge in [-0.25, -0.2) is 13.2 Å². The summed E-state index contributed by atoms with van der Waals surface area (Å²) in [5, 5.41) is 10.1. The number of fused-ring (bicyclic) bond motifs is 1. The Morgan fingerprint density at radius 1 is 1.09 bits per heavy atom. The molecule has 5 rings (SSSR count). The second kappa shape index (κ2) is 8.70. The molecule has 0 saturated carbocycles. The van der Waals surface area contributed by atoms with E-state index in [9.17, 15) is 22.8 Å². The van der Waals surface area contributed by atoms with Gasteiger partial charge >= 0.3 is 0 Å². The van der Waals surface area contributed by atoms with Crippen LogP contribution in [0.1, 0.15) is 34.5 Å². The Morgan fingerprint density at radius 2 is 1.91 bits per heavy atom. The summed E-state index contributed by atoms with van der Waals surface area (Å²) < 4.78 is 41.6. The highest BCUT2D eigenvalue weighted by atomic mass is 19.3. The lowest BCUT2D eigenvalue weighted by Crippen LogP contribution is -2.38. The third kappa shape index (κ3) is 4.34. The third-order valence-corrected chi connectivity index (χ3v) is 6.59. The number of carbonyl (C=O) groups is 2. The number of aromatic nitrogens is 2. The molecule has 6 nitrogen and oxygen atoms in total. The minimum absolute atomic E-state index is 0.0179. The molecule has 3 aromatic rings. The number of likely N-dealkylation sites (tertiary alicyclic amines) is 2. The van der Waals surface area contributed by atoms with Crippen molar-refractivity contribution in [3.05, 3.63) is 71.3 Å². The summed E-state index contributed by atoms with van der Waals surface area (Å²) in [5.74, 6) is -4.93. The highest BCUT2D eigenvalue weighted by molar-refractivity contribution is 5.95. The summed E-state index contributed by atoms with van der Waals surface area (Å²) in [6.07, 6.45) is 2.08. The van der Waals surface area contributed by atoms with Crippen LogP contribution in [0.15, 0.2) is 48.7 Å². The van der Waals surface area contributed by atoms with Crippen molar-refractivity contribution in [1.82, 2.24) is 20.0 Å². The molecule has 0 bridgehead atoms. The quantitative estimate of drug-likeness (QED) is 0.586. The number of hydrogen-bond donors (Lipinski definition) is 0. The first kappa shape index (κ1) is 22.3. The standard InChI is InChI=1S/C25H23F3N4O2/c26-21-6-5-16(12-22-19-4-2-1-3-17(19)13-29-30-22)11-20(21)24(34)31-9-7-18(14-31)23(33)32-10-8-25(27,28)15-32/h1-6,11,13,18H,7-10,12,14-15H2. The molecule has 2 saturated heterocycles. The van der Waals surface area contributed by atoms with Crippen molar-refractivity contribution < 1.29 is 22.8 Å². The first-order valence-electron chi connectivity index (χ1n) is 11.2. The molecule has 2 aliphatic heterocycles. The zero-order chi connectivity index (χ0) is 23.9. The Kier molecular flexibility index (Phi) is 5.71. The first-order chi connectivity index (χ1) is 16.3. The van der Waals surface area contributed by atoms with E-state index in [1.54, 1.807) is 12.3 Å². The Balaban J connectivity index is 1.31. The predicted molar refractivity (Wildman–Crippen MR) is 119 cm³/mol. The highest BCUT2D eigenvalue weighted by Crippen LogP contribution is 2.30. The van der Waals surface area contributed by atoms with Gasteiger partial charge in [0.05, 0.1) is 29.9 Å². The van der Waals surface area contributed by atoms with E-state index in [2.05, 4.69) is 10.2 Å². The normalized spacial score (nSPS) is 19.7. The van der Waals surface area contributed by atoms with E-state index in [1.807, 2.05) is 24.3 Å². The fourth-order valence-corrected chi connectivity index (χ4v) is 4.76. The van der Waals surface area contributed by atoms with Crippen LogP contribution in [0.25, 0.3) is 10.8 Å². The molecule has 0 radical (unpaired) electrons. The Morgan fingerprint density at radius 3 is 2.71 bits per heavy atom. The molecular formula is C25H23F3N4O2. The summed E-state index contributed by atoms with van der Waals surface area (Å²) in [5.41, 5.74) is 1.35. The highest BCUT2D eigenvalue weighted by Gasteiger charge is 2.43. The fourth-order valence-electron chi connectivity index (χ4n) is 4.76. The lowest BCUT2D eigenvalue weighted by Gasteiger charge is -2.21. The van der Waals surface area contributed by atoms with E-state index in [0.717, 1.165) is 16.5 Å². The molecule has 176 valence electrons. The van der Waals surface area contributed by atoms with Gasteiger partial charge in [-0.05, 0) is 24.1 Å². The van der Waals surface area contributed by atoms with Gasteiger partial charge in [-0.1, -0.05) is 30.3 Å². The van der Waals surface area contributed by atoms with E-state index in [4.69, 9.17) is 0 Å². The van der Waals surface area contributed by atoms with E-state index in [-0.39, 0.29) is 37.5 Å². The number of benzene rings is 2. The minimum atomic E-state index is -2.86. The minimum Gasteiger partial charge on any atom is -0.338 e. The van der Waals surface area contributed by atoms with Crippen molar-refractivity contribution in [2.45, 2.75) is 25.2 Å². The number of nitrogens with zero attached hydrogens (tertiary/aromatic N) is 4. The summed E-state index contributed by atoms with van der Waals surface area (Å²) in [6, 6.07) is 12.1. The monoisotopic (exact) mass is 468 g/mol. The second-order valence-electron chi connectivity index (χ2n) is 8.97. The molecule has 0 spiro atoms. The van der Waals surface area contributed by atoms with Gasteiger partial charge in [0.15, 0.2) is 0 Å². The van der Waals surface area contributed by atoms with Crippen LogP contribution in [-0.4, -0.2) is 63.9 Å². The number of hydrogen-bond acceptors (Lipinski definition) is 4. The van der Waals surface area contributed by atoms with E-state index < -0.39 is 30.1 Å². The zero-order valence-corrected chi connectivity index (χ0v) is 18.4. The van der Waals surface area contributed by atoms with Crippen LogP contribution in [0.3, 0.4) is 0 Å². The number of carbonyl (C=O) groups excluding carboxylic acids is 2. The van der Waals surface area contributed by atoms with Crippen LogP contribution in [0.4, 0.5) is 13.2 Å². The molecule has 1 atom stereocenters. The van der Waals surface area contributed by atoms with Crippen LogP contribution in [0.2, 0.25) is 0 Å². The summed E-state index contributed by atoms with van der Waals surface area (Å²) in [7, 11) is 0. The summed E-state index contributed by atoms with van der Waals surface area (Å²) >= 11 is 0. The topological polar surface area (TPSA) is 66.4 Å². The van der Waals surface area contributed by atoms with Crippen LogP contribution >= 0.6 is 0 Å². The molecular weight excluding hydrogens is 445 g/mol. The molecule has 2 amide bonds. The molecule has 3 heterocycles. The Bertz CT molecular complexity index is 1260. The van der Waals surface area contributed by atoms with Gasteiger partial charge in [-0.2, -0.15) is 10.2 Å². The van der Waals surface area contributed by atoms with Crippen molar-refractivity contribution in [3.63, 3.8) is 0 Å². The van der Waals surface area contributed by atoms with Gasteiger partial charge in [0, 0.05) is 43.2 Å². The maximum absolute atomic E-state index is 14.6. The van der Waals surface area contributed by atoms with Crippen LogP contribution < -0.4 is 0 Å². The van der Waals surface area contributed by atoms with Crippen LogP contribution in [0, 0.1) is 11.7 Å². The lowest BCUT2D eigenvalue weighted by atomic mass is 10.0. The average Bonchev–Trinajstić information content (AvgIpc) is 3.46. The number of rotatable bonds is 4. The van der Waals surface area contributed by atoms with E-state index >= 15 is 0 Å². The molecule has 0 aliphatic carbocycles. The maximum Gasteiger partial charge on any atom is 0.267 e. The zero-order valence-electron chi connectivity index (χ0n) is 18.4. The lowest BCUT2D eigenvalue weighted by molar-refractivity contribution is -0.135. The van der Waals surface area contributed by atoms with Crippen molar-refractivity contribution in [3.8, 4) is 0 Å². The third-order valence-electron chi connectivity index (χ3n) is 6.59. The van der Waals surface area contributed by atoms with Crippen molar-refractivity contribution >= 4 is 22.6 Å². The van der Waals surface area contributed by atoms with Crippen molar-refractivity contribution in [2.75, 3.05) is 26.2 Å². The Hall–Kier alpha value is -3.49. The van der Waals surface area contributed by atoms with E-state index in [0.29, 0.717) is 18.4 Å². The molecule has 1 aromatic heterocycles. The molecule has 9 heteroatoms. The molecule has 2 aliphatic rings.